The molecule has 3 aliphatic heterocycles. The van der Waals surface area contributed by atoms with Crippen molar-refractivity contribution in [3.05, 3.63) is 30.1 Å². The molecule has 0 bridgehead atoms. The second-order valence-corrected chi connectivity index (χ2v) is 9.33. The van der Waals surface area contributed by atoms with Crippen molar-refractivity contribution >= 4 is 23.6 Å². The Balaban J connectivity index is 1.31. The predicted octanol–water partition coefficient (Wildman–Crippen LogP) is 0.812. The van der Waals surface area contributed by atoms with Gasteiger partial charge in [0.1, 0.15) is 0 Å². The number of likely N-dealkylation sites (tertiary alicyclic amines) is 1. The number of hydrogen-bond acceptors (Lipinski definition) is 6. The second kappa shape index (κ2) is 9.91. The van der Waals surface area contributed by atoms with E-state index >= 15 is 0 Å². The highest BCUT2D eigenvalue weighted by Crippen LogP contribution is 2.22. The Hall–Kier alpha value is -1.64. The lowest BCUT2D eigenvalue weighted by Crippen LogP contribution is -2.57. The highest BCUT2D eigenvalue weighted by molar-refractivity contribution is 7.99. The minimum Gasteiger partial charge on any atom is -0.353 e. The first-order valence-electron chi connectivity index (χ1n) is 10.7. The minimum absolute atomic E-state index is 0.0332. The van der Waals surface area contributed by atoms with E-state index < -0.39 is 6.04 Å². The number of piperidine rings is 1. The lowest BCUT2D eigenvalue weighted by atomic mass is 10.0. The van der Waals surface area contributed by atoms with Crippen LogP contribution in [0.15, 0.2) is 24.5 Å². The molecule has 3 saturated heterocycles. The molecule has 29 heavy (non-hydrogen) atoms. The summed E-state index contributed by atoms with van der Waals surface area (Å²) in [4.78, 5) is 36.4. The van der Waals surface area contributed by atoms with Gasteiger partial charge >= 0.3 is 0 Å². The molecule has 8 heteroatoms. The lowest BCUT2D eigenvalue weighted by Gasteiger charge is -2.41. The Bertz CT molecular complexity index is 690. The smallest absolute Gasteiger partial charge is 0.237 e. The largest absolute Gasteiger partial charge is 0.353 e. The summed E-state index contributed by atoms with van der Waals surface area (Å²) in [6.07, 6.45) is 5.94. The third-order valence-corrected chi connectivity index (χ3v) is 7.24. The number of hydrogen-bond donors (Lipinski definition) is 1. The fourth-order valence-electron chi connectivity index (χ4n) is 4.62. The first-order valence-corrected chi connectivity index (χ1v) is 11.9. The maximum absolute atomic E-state index is 13.0. The van der Waals surface area contributed by atoms with E-state index in [1.54, 1.807) is 6.20 Å². The molecule has 1 aromatic heterocycles. The van der Waals surface area contributed by atoms with Crippen LogP contribution in [-0.4, -0.2) is 94.4 Å². The van der Waals surface area contributed by atoms with Crippen LogP contribution >= 0.6 is 11.8 Å². The first kappa shape index (κ1) is 20.6. The minimum atomic E-state index is -0.395. The zero-order chi connectivity index (χ0) is 20.1. The maximum Gasteiger partial charge on any atom is 0.237 e. The van der Waals surface area contributed by atoms with Crippen molar-refractivity contribution in [1.82, 2.24) is 25.0 Å². The Labute approximate surface area is 177 Å². The lowest BCUT2D eigenvalue weighted by molar-refractivity contribution is -0.140. The van der Waals surface area contributed by atoms with Gasteiger partial charge in [-0.05, 0) is 24.5 Å². The summed E-state index contributed by atoms with van der Waals surface area (Å²) >= 11 is 2.04. The molecule has 1 atom stereocenters. The summed E-state index contributed by atoms with van der Waals surface area (Å²) in [5, 5.41) is 2.93. The molecule has 1 aromatic rings. The SMILES string of the molecule is O=C1NCCN(Cc2cccnc2)[C@@H]1CC(=O)N1CCC(N2CCSCC2)CC1. The van der Waals surface area contributed by atoms with Gasteiger partial charge in [-0.1, -0.05) is 6.07 Å². The molecule has 0 aromatic carbocycles. The summed E-state index contributed by atoms with van der Waals surface area (Å²) in [6, 6.07) is 4.14. The summed E-state index contributed by atoms with van der Waals surface area (Å²) in [7, 11) is 0. The van der Waals surface area contributed by atoms with Gasteiger partial charge < -0.3 is 10.2 Å². The molecule has 0 unspecified atom stereocenters. The van der Waals surface area contributed by atoms with Crippen LogP contribution in [0.2, 0.25) is 0 Å². The third kappa shape index (κ3) is 5.29. The van der Waals surface area contributed by atoms with Crippen LogP contribution in [0.25, 0.3) is 0 Å². The second-order valence-electron chi connectivity index (χ2n) is 8.10. The van der Waals surface area contributed by atoms with Gasteiger partial charge in [0, 0.05) is 75.8 Å². The molecule has 3 fully saturated rings. The van der Waals surface area contributed by atoms with E-state index in [1.165, 1.54) is 24.6 Å². The number of nitrogens with zero attached hydrogens (tertiary/aromatic N) is 4. The van der Waals surface area contributed by atoms with E-state index in [9.17, 15) is 9.59 Å². The number of pyridine rings is 1. The van der Waals surface area contributed by atoms with Crippen molar-refractivity contribution in [1.29, 1.82) is 0 Å². The van der Waals surface area contributed by atoms with Gasteiger partial charge in [0.05, 0.1) is 12.5 Å². The number of aromatic nitrogens is 1. The molecule has 2 amide bonds. The van der Waals surface area contributed by atoms with Gasteiger partial charge in [0.15, 0.2) is 0 Å². The molecular formula is C21H31N5O2S. The topological polar surface area (TPSA) is 68.8 Å². The number of piperazine rings is 1. The fourth-order valence-corrected chi connectivity index (χ4v) is 5.55. The molecule has 3 aliphatic rings. The van der Waals surface area contributed by atoms with Crippen LogP contribution in [0.5, 0.6) is 0 Å². The highest BCUT2D eigenvalue weighted by atomic mass is 32.2. The van der Waals surface area contributed by atoms with E-state index in [4.69, 9.17) is 0 Å². The monoisotopic (exact) mass is 417 g/mol. The van der Waals surface area contributed by atoms with E-state index in [2.05, 4.69) is 20.1 Å². The highest BCUT2D eigenvalue weighted by Gasteiger charge is 2.34. The number of thioether (sulfide) groups is 1. The van der Waals surface area contributed by atoms with Crippen molar-refractivity contribution in [2.45, 2.75) is 37.9 Å². The van der Waals surface area contributed by atoms with Gasteiger partial charge in [-0.25, -0.2) is 0 Å². The van der Waals surface area contributed by atoms with Crippen LogP contribution in [-0.2, 0) is 16.1 Å². The number of carbonyl (C=O) groups excluding carboxylic acids is 2. The molecule has 0 saturated carbocycles. The van der Waals surface area contributed by atoms with E-state index in [1.807, 2.05) is 35.0 Å². The van der Waals surface area contributed by atoms with Gasteiger partial charge in [0.2, 0.25) is 11.8 Å². The molecule has 0 radical (unpaired) electrons. The average Bonchev–Trinajstić information content (AvgIpc) is 2.77. The van der Waals surface area contributed by atoms with Crippen LogP contribution in [0.1, 0.15) is 24.8 Å². The standard InChI is InChI=1S/C21H31N5O2S/c27-20(25-7-3-18(4-8-25)24-10-12-29-13-11-24)14-19-21(28)23-6-9-26(19)16-17-2-1-5-22-15-17/h1-2,5,15,18-19H,3-4,6-14,16H2,(H,23,28)/t19-/m1/s1. The zero-order valence-corrected chi connectivity index (χ0v) is 17.8. The van der Waals surface area contributed by atoms with Gasteiger partial charge in [0.25, 0.3) is 0 Å². The van der Waals surface area contributed by atoms with E-state index in [0.717, 1.165) is 38.0 Å². The molecule has 4 rings (SSSR count). The molecule has 158 valence electrons. The molecule has 0 aliphatic carbocycles. The average molecular weight is 418 g/mol. The fraction of sp³-hybridized carbons (Fsp3) is 0.667. The number of carbonyl (C=O) groups is 2. The molecule has 0 spiro atoms. The van der Waals surface area contributed by atoms with Crippen molar-refractivity contribution < 1.29 is 9.59 Å². The third-order valence-electron chi connectivity index (χ3n) is 6.30. The molecule has 7 nitrogen and oxygen atoms in total. The van der Waals surface area contributed by atoms with Crippen molar-refractivity contribution in [3.63, 3.8) is 0 Å². The van der Waals surface area contributed by atoms with E-state index in [0.29, 0.717) is 19.1 Å². The summed E-state index contributed by atoms with van der Waals surface area (Å²) in [5.41, 5.74) is 1.07. The normalized spacial score (nSPS) is 25.0. The Morgan fingerprint density at radius 3 is 2.69 bits per heavy atom. The predicted molar refractivity (Wildman–Crippen MR) is 115 cm³/mol. The number of amides is 2. The van der Waals surface area contributed by atoms with Crippen LogP contribution in [0.4, 0.5) is 0 Å². The molecule has 1 N–H and O–H groups in total. The number of nitrogens with one attached hydrogen (secondary N) is 1. The van der Waals surface area contributed by atoms with Crippen LogP contribution in [0, 0.1) is 0 Å². The number of rotatable bonds is 5. The molecule has 4 heterocycles. The van der Waals surface area contributed by atoms with Crippen LogP contribution in [0.3, 0.4) is 0 Å². The quantitative estimate of drug-likeness (QED) is 0.765. The first-order chi connectivity index (χ1) is 14.2. The zero-order valence-electron chi connectivity index (χ0n) is 17.0. The van der Waals surface area contributed by atoms with Crippen LogP contribution < -0.4 is 5.32 Å². The summed E-state index contributed by atoms with van der Waals surface area (Å²) < 4.78 is 0. The molecular weight excluding hydrogens is 386 g/mol. The van der Waals surface area contributed by atoms with Gasteiger partial charge in [-0.15, -0.1) is 0 Å². The van der Waals surface area contributed by atoms with E-state index in [-0.39, 0.29) is 18.2 Å². The maximum atomic E-state index is 13.0. The van der Waals surface area contributed by atoms with Crippen molar-refractivity contribution in [2.24, 2.45) is 0 Å². The van der Waals surface area contributed by atoms with Gasteiger partial charge in [-0.3, -0.25) is 24.4 Å². The summed E-state index contributed by atoms with van der Waals surface area (Å²) in [6.45, 7) is 6.00. The van der Waals surface area contributed by atoms with Crippen molar-refractivity contribution in [3.8, 4) is 0 Å². The Morgan fingerprint density at radius 1 is 1.17 bits per heavy atom. The summed E-state index contributed by atoms with van der Waals surface area (Å²) in [5.74, 6) is 2.52. The Morgan fingerprint density at radius 2 is 1.97 bits per heavy atom. The van der Waals surface area contributed by atoms with Crippen molar-refractivity contribution in [2.75, 3.05) is 50.8 Å². The Kier molecular flexibility index (Phi) is 7.05. The van der Waals surface area contributed by atoms with Gasteiger partial charge in [-0.2, -0.15) is 11.8 Å².